The molecule has 19 heteroatoms. The van der Waals surface area contributed by atoms with E-state index in [2.05, 4.69) is 34.6 Å². The van der Waals surface area contributed by atoms with E-state index < -0.39 is 97.5 Å². The summed E-state index contributed by atoms with van der Waals surface area (Å²) in [5, 5.41) is 10.6. The van der Waals surface area contributed by atoms with Crippen LogP contribution in [-0.2, 0) is 65.4 Å². The van der Waals surface area contributed by atoms with E-state index in [-0.39, 0.29) is 25.7 Å². The highest BCUT2D eigenvalue weighted by Gasteiger charge is 2.30. The van der Waals surface area contributed by atoms with E-state index in [9.17, 15) is 43.2 Å². The predicted molar refractivity (Wildman–Crippen MR) is 418 cm³/mol. The smallest absolute Gasteiger partial charge is 0.462 e. The Kier molecular flexibility index (Phi) is 74.4. The predicted octanol–water partition coefficient (Wildman–Crippen LogP) is 25.2. The summed E-state index contributed by atoms with van der Waals surface area (Å²) in [5.74, 6) is -1.30. The van der Waals surface area contributed by atoms with Crippen molar-refractivity contribution in [2.45, 2.75) is 464 Å². The zero-order valence-corrected chi connectivity index (χ0v) is 68.5. The van der Waals surface area contributed by atoms with Gasteiger partial charge in [-0.05, 0) is 31.6 Å². The van der Waals surface area contributed by atoms with Gasteiger partial charge in [-0.1, -0.05) is 394 Å². The molecule has 0 radical (unpaired) electrons. The first-order chi connectivity index (χ1) is 49.5. The fourth-order valence-corrected chi connectivity index (χ4v) is 14.5. The van der Waals surface area contributed by atoms with Crippen LogP contribution < -0.4 is 0 Å². The first kappa shape index (κ1) is 100. The molecule has 0 aliphatic carbocycles. The minimum Gasteiger partial charge on any atom is -0.462 e. The molecule has 0 bridgehead atoms. The Balaban J connectivity index is 5.20. The van der Waals surface area contributed by atoms with E-state index in [0.29, 0.717) is 25.7 Å². The van der Waals surface area contributed by atoms with Crippen LogP contribution in [0.4, 0.5) is 0 Å². The maximum absolute atomic E-state index is 13.1. The van der Waals surface area contributed by atoms with Crippen LogP contribution in [0.15, 0.2) is 0 Å². The Labute approximate surface area is 626 Å². The number of unbranched alkanes of at least 4 members (excludes halogenated alkanes) is 55. The maximum Gasteiger partial charge on any atom is 0.472 e. The third-order valence-corrected chi connectivity index (χ3v) is 21.4. The van der Waals surface area contributed by atoms with Gasteiger partial charge in [-0.25, -0.2) is 9.13 Å². The van der Waals surface area contributed by atoms with Gasteiger partial charge >= 0.3 is 39.5 Å². The van der Waals surface area contributed by atoms with Gasteiger partial charge in [-0.2, -0.15) is 0 Å². The number of phosphoric ester groups is 2. The SMILES string of the molecule is CCCCCCCCCCCCCCCCCCCCCCCC(=O)O[C@H](COC(=O)CCCCCCCCCCCCCCCCCC(C)C)COP(=O)(O)OC[C@@H](O)COP(=O)(O)OC[C@@H](COC(=O)CCCCCCCCCCC)OC(=O)CCCCCCCCCCCCCCCC. The molecule has 0 saturated heterocycles. The molecule has 0 aromatic rings. The van der Waals surface area contributed by atoms with Gasteiger partial charge in [0.05, 0.1) is 26.4 Å². The van der Waals surface area contributed by atoms with E-state index in [4.69, 9.17) is 37.0 Å². The van der Waals surface area contributed by atoms with Gasteiger partial charge in [0.2, 0.25) is 0 Å². The van der Waals surface area contributed by atoms with Crippen molar-refractivity contribution >= 4 is 39.5 Å². The quantitative estimate of drug-likeness (QED) is 0.0222. The molecule has 0 aromatic carbocycles. The summed E-state index contributed by atoms with van der Waals surface area (Å²) in [6.07, 6.45) is 68.1. The molecule has 5 atom stereocenters. The summed E-state index contributed by atoms with van der Waals surface area (Å²) in [7, 11) is -9.92. The highest BCUT2D eigenvalue weighted by Crippen LogP contribution is 2.45. The first-order valence-electron chi connectivity index (χ1n) is 43.1. The minimum absolute atomic E-state index is 0.108. The molecule has 0 amide bonds. The number of carbonyl (C=O) groups excluding carboxylic acids is 4. The summed E-state index contributed by atoms with van der Waals surface area (Å²) in [6, 6.07) is 0. The second-order valence-corrected chi connectivity index (χ2v) is 33.3. The van der Waals surface area contributed by atoms with Crippen molar-refractivity contribution in [2.75, 3.05) is 39.6 Å². The average molecular weight is 1490 g/mol. The van der Waals surface area contributed by atoms with E-state index in [0.717, 1.165) is 95.8 Å². The third kappa shape index (κ3) is 76.3. The Morgan fingerprint density at radius 2 is 0.451 bits per heavy atom. The summed E-state index contributed by atoms with van der Waals surface area (Å²) in [5.41, 5.74) is 0. The van der Waals surface area contributed by atoms with Crippen LogP contribution in [0, 0.1) is 5.92 Å². The van der Waals surface area contributed by atoms with Gasteiger partial charge in [0.1, 0.15) is 19.3 Å². The van der Waals surface area contributed by atoms with E-state index in [1.807, 2.05) is 0 Å². The number of hydrogen-bond acceptors (Lipinski definition) is 15. The number of ether oxygens (including phenoxy) is 4. The average Bonchev–Trinajstić information content (AvgIpc) is 0.916. The van der Waals surface area contributed by atoms with Crippen LogP contribution in [0.25, 0.3) is 0 Å². The molecule has 0 heterocycles. The highest BCUT2D eigenvalue weighted by molar-refractivity contribution is 7.47. The Bertz CT molecular complexity index is 1940. The minimum atomic E-state index is -4.96. The fourth-order valence-electron chi connectivity index (χ4n) is 12.9. The molecule has 0 spiro atoms. The molecule has 606 valence electrons. The summed E-state index contributed by atoms with van der Waals surface area (Å²) in [6.45, 7) is 7.36. The van der Waals surface area contributed by atoms with E-state index >= 15 is 0 Å². The van der Waals surface area contributed by atoms with Gasteiger partial charge < -0.3 is 33.8 Å². The molecule has 0 fully saturated rings. The van der Waals surface area contributed by atoms with Gasteiger partial charge in [-0.15, -0.1) is 0 Å². The van der Waals surface area contributed by atoms with Crippen LogP contribution in [0.3, 0.4) is 0 Å². The van der Waals surface area contributed by atoms with Crippen molar-refractivity contribution < 1.29 is 80.2 Å². The highest BCUT2D eigenvalue weighted by atomic mass is 31.2. The van der Waals surface area contributed by atoms with Crippen molar-refractivity contribution in [3.63, 3.8) is 0 Å². The van der Waals surface area contributed by atoms with Gasteiger partial charge in [0.25, 0.3) is 0 Å². The van der Waals surface area contributed by atoms with Crippen LogP contribution in [0.5, 0.6) is 0 Å². The number of rotatable bonds is 83. The molecule has 0 rings (SSSR count). The van der Waals surface area contributed by atoms with Crippen molar-refractivity contribution in [1.29, 1.82) is 0 Å². The monoisotopic (exact) mass is 1490 g/mol. The lowest BCUT2D eigenvalue weighted by Gasteiger charge is -2.21. The number of carbonyl (C=O) groups is 4. The van der Waals surface area contributed by atoms with Crippen LogP contribution in [-0.4, -0.2) is 96.7 Å². The van der Waals surface area contributed by atoms with Crippen LogP contribution in [0.2, 0.25) is 0 Å². The maximum atomic E-state index is 13.1. The molecule has 0 aromatic heterocycles. The number of aliphatic hydroxyl groups excluding tert-OH is 1. The second kappa shape index (κ2) is 75.9. The van der Waals surface area contributed by atoms with Crippen molar-refractivity contribution in [2.24, 2.45) is 5.92 Å². The zero-order chi connectivity index (χ0) is 74.8. The topological polar surface area (TPSA) is 237 Å². The molecule has 102 heavy (non-hydrogen) atoms. The molecule has 2 unspecified atom stereocenters. The summed E-state index contributed by atoms with van der Waals surface area (Å²) >= 11 is 0. The van der Waals surface area contributed by atoms with Gasteiger partial charge in [0, 0.05) is 25.7 Å². The molecular weight excluding hydrogens is 1330 g/mol. The van der Waals surface area contributed by atoms with Crippen LogP contribution >= 0.6 is 15.6 Å². The number of aliphatic hydroxyl groups is 1. The van der Waals surface area contributed by atoms with Crippen molar-refractivity contribution in [3.8, 4) is 0 Å². The normalized spacial score (nSPS) is 13.8. The Morgan fingerprint density at radius 3 is 0.667 bits per heavy atom. The number of phosphoric acid groups is 2. The van der Waals surface area contributed by atoms with Gasteiger partial charge in [-0.3, -0.25) is 37.3 Å². The molecule has 0 saturated carbocycles. The molecular formula is C83H162O17P2. The summed E-state index contributed by atoms with van der Waals surface area (Å²) < 4.78 is 68.7. The number of esters is 4. The van der Waals surface area contributed by atoms with Crippen molar-refractivity contribution in [3.05, 3.63) is 0 Å². The molecule has 17 nitrogen and oxygen atoms in total. The Morgan fingerprint density at radius 1 is 0.265 bits per heavy atom. The summed E-state index contributed by atoms with van der Waals surface area (Å²) in [4.78, 5) is 73.0. The Hall–Kier alpha value is -1.94. The third-order valence-electron chi connectivity index (χ3n) is 19.5. The standard InChI is InChI=1S/C83H162O17P2/c1-6-9-12-15-18-21-23-25-27-28-29-30-31-32-35-40-44-49-54-59-64-69-83(88)100-79(73-94-81(86)67-62-57-52-47-42-39-36-33-34-37-41-46-50-55-60-65-76(4)5)75-98-102(91,92)96-71-77(84)70-95-101(89,90)97-74-78(72-93-80(85)66-61-56-51-45-20-17-14-11-8-3)99-82(87)68-63-58-53-48-43-38-26-24-22-19-16-13-10-7-2/h76-79,84H,6-75H2,1-5H3,(H,89,90)(H,91,92)/t77-,78+,79+/m0/s1. The van der Waals surface area contributed by atoms with Gasteiger partial charge in [0.15, 0.2) is 12.2 Å². The molecule has 0 aliphatic heterocycles. The van der Waals surface area contributed by atoms with Crippen molar-refractivity contribution in [1.82, 2.24) is 0 Å². The zero-order valence-electron chi connectivity index (χ0n) is 66.8. The van der Waals surface area contributed by atoms with E-state index in [1.165, 1.54) is 270 Å². The number of hydrogen-bond donors (Lipinski definition) is 3. The molecule has 0 aliphatic rings. The lowest BCUT2D eigenvalue weighted by Crippen LogP contribution is -2.30. The first-order valence-corrected chi connectivity index (χ1v) is 46.1. The molecule has 3 N–H and O–H groups in total. The fraction of sp³-hybridized carbons (Fsp3) is 0.952. The van der Waals surface area contributed by atoms with Crippen LogP contribution in [0.1, 0.15) is 446 Å². The lowest BCUT2D eigenvalue weighted by molar-refractivity contribution is -0.161. The van der Waals surface area contributed by atoms with E-state index in [1.54, 1.807) is 0 Å². The largest absolute Gasteiger partial charge is 0.472 e. The lowest BCUT2D eigenvalue weighted by atomic mass is 10.0. The second-order valence-electron chi connectivity index (χ2n) is 30.3.